The zero-order valence-electron chi connectivity index (χ0n) is 8.21. The molecule has 0 saturated heterocycles. The lowest BCUT2D eigenvalue weighted by molar-refractivity contribution is 0.171. The van der Waals surface area contributed by atoms with Crippen molar-refractivity contribution in [3.05, 3.63) is 48.1 Å². The van der Waals surface area contributed by atoms with Crippen molar-refractivity contribution in [2.24, 2.45) is 0 Å². The van der Waals surface area contributed by atoms with Crippen LogP contribution in [0.1, 0.15) is 11.7 Å². The van der Waals surface area contributed by atoms with Crippen LogP contribution in [0.25, 0.3) is 0 Å². The maximum Gasteiger partial charge on any atom is 0.131 e. The van der Waals surface area contributed by atoms with Crippen LogP contribution in [0.3, 0.4) is 0 Å². The van der Waals surface area contributed by atoms with E-state index in [4.69, 9.17) is 0 Å². The lowest BCUT2D eigenvalue weighted by Gasteiger charge is -2.12. The zero-order chi connectivity index (χ0) is 11.3. The van der Waals surface area contributed by atoms with E-state index in [1.165, 1.54) is 6.07 Å². The number of aliphatic hydroxyl groups excluding tert-OH is 1. The van der Waals surface area contributed by atoms with Crippen LogP contribution in [0, 0.1) is 11.6 Å². The Morgan fingerprint density at radius 2 is 2.20 bits per heavy atom. The summed E-state index contributed by atoms with van der Waals surface area (Å²) in [5, 5.41) is 12.4. The molecule has 0 spiro atoms. The molecule has 0 bridgehead atoms. The molecular formula is C11H13F2NO. The monoisotopic (exact) mass is 213 g/mol. The molecule has 82 valence electrons. The minimum absolute atomic E-state index is 0.0907. The molecule has 0 aromatic heterocycles. The summed E-state index contributed by atoms with van der Waals surface area (Å²) in [6.07, 6.45) is 0.652. The van der Waals surface area contributed by atoms with Crippen LogP contribution in [0.5, 0.6) is 0 Å². The summed E-state index contributed by atoms with van der Waals surface area (Å²) in [6, 6.07) is 3.12. The average Bonchev–Trinajstić information content (AvgIpc) is 2.17. The topological polar surface area (TPSA) is 32.3 Å². The van der Waals surface area contributed by atoms with E-state index in [-0.39, 0.29) is 12.1 Å². The van der Waals surface area contributed by atoms with E-state index >= 15 is 0 Å². The van der Waals surface area contributed by atoms with Crippen molar-refractivity contribution in [3.8, 4) is 0 Å². The summed E-state index contributed by atoms with van der Waals surface area (Å²) in [5.74, 6) is -1.38. The molecule has 1 aromatic rings. The fourth-order valence-corrected chi connectivity index (χ4v) is 1.20. The summed E-state index contributed by atoms with van der Waals surface area (Å²) < 4.78 is 25.7. The fraction of sp³-hybridized carbons (Fsp3) is 0.273. The van der Waals surface area contributed by atoms with Crippen LogP contribution in [0.15, 0.2) is 30.9 Å². The van der Waals surface area contributed by atoms with Crippen LogP contribution in [-0.4, -0.2) is 18.2 Å². The minimum atomic E-state index is -0.981. The first-order valence-corrected chi connectivity index (χ1v) is 4.59. The van der Waals surface area contributed by atoms with E-state index in [0.29, 0.717) is 6.54 Å². The van der Waals surface area contributed by atoms with Crippen molar-refractivity contribution >= 4 is 0 Å². The Morgan fingerprint density at radius 1 is 1.47 bits per heavy atom. The third-order valence-electron chi connectivity index (χ3n) is 1.95. The van der Waals surface area contributed by atoms with E-state index in [0.717, 1.165) is 12.1 Å². The lowest BCUT2D eigenvalue weighted by atomic mass is 10.1. The van der Waals surface area contributed by atoms with Crippen LogP contribution < -0.4 is 5.32 Å². The first kappa shape index (κ1) is 11.8. The number of hydrogen-bond donors (Lipinski definition) is 2. The third-order valence-corrected chi connectivity index (χ3v) is 1.95. The first-order chi connectivity index (χ1) is 7.15. The van der Waals surface area contributed by atoms with Gasteiger partial charge in [0, 0.05) is 24.7 Å². The summed E-state index contributed by atoms with van der Waals surface area (Å²) in [4.78, 5) is 0. The van der Waals surface area contributed by atoms with E-state index in [2.05, 4.69) is 11.9 Å². The highest BCUT2D eigenvalue weighted by Crippen LogP contribution is 2.17. The van der Waals surface area contributed by atoms with Crippen molar-refractivity contribution in [1.29, 1.82) is 0 Å². The molecule has 0 aliphatic rings. The molecule has 0 aliphatic heterocycles. The molecule has 1 unspecified atom stereocenters. The Kier molecular flexibility index (Phi) is 4.39. The lowest BCUT2D eigenvalue weighted by Crippen LogP contribution is -2.22. The molecule has 0 fully saturated rings. The van der Waals surface area contributed by atoms with Gasteiger partial charge in [0.25, 0.3) is 0 Å². The van der Waals surface area contributed by atoms with Crippen LogP contribution in [0.4, 0.5) is 8.78 Å². The molecule has 4 heteroatoms. The van der Waals surface area contributed by atoms with Gasteiger partial charge in [0.05, 0.1) is 6.10 Å². The number of aliphatic hydroxyl groups is 1. The van der Waals surface area contributed by atoms with Gasteiger partial charge in [0.15, 0.2) is 0 Å². The van der Waals surface area contributed by atoms with Crippen LogP contribution in [-0.2, 0) is 0 Å². The molecular weight excluding hydrogens is 200 g/mol. The summed E-state index contributed by atoms with van der Waals surface area (Å²) in [6.45, 7) is 4.22. The fourth-order valence-electron chi connectivity index (χ4n) is 1.20. The molecule has 1 aromatic carbocycles. The molecule has 0 radical (unpaired) electrons. The Hall–Kier alpha value is -1.26. The predicted molar refractivity (Wildman–Crippen MR) is 54.4 cm³/mol. The van der Waals surface area contributed by atoms with Gasteiger partial charge >= 0.3 is 0 Å². The standard InChI is InChI=1S/C11H13F2NO/c1-2-5-14-7-11(15)9-4-3-8(12)6-10(9)13/h2-4,6,11,14-15H,1,5,7H2. The Bertz CT molecular complexity index is 341. The molecule has 0 heterocycles. The highest BCUT2D eigenvalue weighted by Gasteiger charge is 2.12. The number of benzene rings is 1. The SMILES string of the molecule is C=CCNCC(O)c1ccc(F)cc1F. The van der Waals surface area contributed by atoms with E-state index in [1.54, 1.807) is 6.08 Å². The predicted octanol–water partition coefficient (Wildman–Crippen LogP) is 1.77. The maximum absolute atomic E-state index is 13.2. The Labute approximate surface area is 87.2 Å². The summed E-state index contributed by atoms with van der Waals surface area (Å²) in [7, 11) is 0. The summed E-state index contributed by atoms with van der Waals surface area (Å²) >= 11 is 0. The van der Waals surface area contributed by atoms with Crippen molar-refractivity contribution < 1.29 is 13.9 Å². The third kappa shape index (κ3) is 3.42. The van der Waals surface area contributed by atoms with Gasteiger partial charge < -0.3 is 10.4 Å². The molecule has 15 heavy (non-hydrogen) atoms. The zero-order valence-corrected chi connectivity index (χ0v) is 8.21. The Balaban J connectivity index is 2.64. The number of nitrogens with one attached hydrogen (secondary N) is 1. The Morgan fingerprint density at radius 3 is 2.80 bits per heavy atom. The van der Waals surface area contributed by atoms with Crippen molar-refractivity contribution in [3.63, 3.8) is 0 Å². The molecule has 2 N–H and O–H groups in total. The van der Waals surface area contributed by atoms with Gasteiger partial charge in [-0.1, -0.05) is 12.1 Å². The molecule has 0 saturated carbocycles. The van der Waals surface area contributed by atoms with Gasteiger partial charge in [0.2, 0.25) is 0 Å². The molecule has 1 rings (SSSR count). The second-order valence-electron chi connectivity index (χ2n) is 3.13. The highest BCUT2D eigenvalue weighted by atomic mass is 19.1. The van der Waals surface area contributed by atoms with Crippen molar-refractivity contribution in [1.82, 2.24) is 5.32 Å². The minimum Gasteiger partial charge on any atom is -0.387 e. The molecule has 0 amide bonds. The second kappa shape index (κ2) is 5.58. The van der Waals surface area contributed by atoms with Gasteiger partial charge in [-0.05, 0) is 6.07 Å². The summed E-state index contributed by atoms with van der Waals surface area (Å²) in [5.41, 5.74) is 0.0907. The molecule has 1 atom stereocenters. The van der Waals surface area contributed by atoms with E-state index < -0.39 is 17.7 Å². The highest BCUT2D eigenvalue weighted by molar-refractivity contribution is 5.21. The van der Waals surface area contributed by atoms with Gasteiger partial charge in [0.1, 0.15) is 11.6 Å². The van der Waals surface area contributed by atoms with E-state index in [9.17, 15) is 13.9 Å². The largest absolute Gasteiger partial charge is 0.387 e. The molecule has 0 aliphatic carbocycles. The van der Waals surface area contributed by atoms with Crippen LogP contribution >= 0.6 is 0 Å². The van der Waals surface area contributed by atoms with Gasteiger partial charge in [-0.25, -0.2) is 8.78 Å². The smallest absolute Gasteiger partial charge is 0.131 e. The van der Waals surface area contributed by atoms with Gasteiger partial charge in [-0.15, -0.1) is 6.58 Å². The van der Waals surface area contributed by atoms with E-state index in [1.807, 2.05) is 0 Å². The first-order valence-electron chi connectivity index (χ1n) is 4.59. The quantitative estimate of drug-likeness (QED) is 0.577. The second-order valence-corrected chi connectivity index (χ2v) is 3.13. The van der Waals surface area contributed by atoms with Crippen molar-refractivity contribution in [2.45, 2.75) is 6.10 Å². The number of halogens is 2. The van der Waals surface area contributed by atoms with Gasteiger partial charge in [-0.3, -0.25) is 0 Å². The normalized spacial score (nSPS) is 12.5. The van der Waals surface area contributed by atoms with Crippen LogP contribution in [0.2, 0.25) is 0 Å². The molecule has 2 nitrogen and oxygen atoms in total. The number of rotatable bonds is 5. The average molecular weight is 213 g/mol. The maximum atomic E-state index is 13.2. The van der Waals surface area contributed by atoms with Crippen molar-refractivity contribution in [2.75, 3.05) is 13.1 Å². The van der Waals surface area contributed by atoms with Gasteiger partial charge in [-0.2, -0.15) is 0 Å². The number of hydrogen-bond acceptors (Lipinski definition) is 2.